The molecule has 1 aliphatic rings. The van der Waals surface area contributed by atoms with Gasteiger partial charge < -0.3 is 10.2 Å². The number of hydrogen-bond donors (Lipinski definition) is 1. The molecule has 8 nitrogen and oxygen atoms in total. The second-order valence-electron chi connectivity index (χ2n) is 7.72. The maximum Gasteiger partial charge on any atom is 0.269 e. The summed E-state index contributed by atoms with van der Waals surface area (Å²) in [5.41, 5.74) is 2.07. The molecule has 1 N–H and O–H groups in total. The van der Waals surface area contributed by atoms with Crippen molar-refractivity contribution < 1.29 is 22.8 Å². The highest BCUT2D eigenvalue weighted by molar-refractivity contribution is 7.90. The van der Waals surface area contributed by atoms with E-state index in [9.17, 15) is 22.8 Å². The van der Waals surface area contributed by atoms with Gasteiger partial charge in [0.2, 0.25) is 11.8 Å². The zero-order chi connectivity index (χ0) is 23.5. The topological polar surface area (TPSA) is 104 Å². The molecule has 1 unspecified atom stereocenters. The van der Waals surface area contributed by atoms with Crippen molar-refractivity contribution in [2.75, 3.05) is 13.6 Å². The van der Waals surface area contributed by atoms with Crippen molar-refractivity contribution in [3.05, 3.63) is 65.2 Å². The number of rotatable bonds is 8. The minimum Gasteiger partial charge on any atom is -0.357 e. The lowest BCUT2D eigenvalue weighted by atomic mass is 10.1. The van der Waals surface area contributed by atoms with Crippen molar-refractivity contribution in [2.45, 2.75) is 44.2 Å². The summed E-state index contributed by atoms with van der Waals surface area (Å²) in [5, 5.41) is 2.56. The number of hydrogen-bond acceptors (Lipinski definition) is 5. The van der Waals surface area contributed by atoms with Crippen LogP contribution in [0.2, 0.25) is 0 Å². The third-order valence-corrected chi connectivity index (χ3v) is 7.52. The van der Waals surface area contributed by atoms with Crippen molar-refractivity contribution in [1.29, 1.82) is 0 Å². The number of sulfonamides is 1. The summed E-state index contributed by atoms with van der Waals surface area (Å²) in [6.07, 6.45) is 0.158. The second-order valence-corrected chi connectivity index (χ2v) is 9.55. The van der Waals surface area contributed by atoms with Gasteiger partial charge in [-0.05, 0) is 43.5 Å². The second kappa shape index (κ2) is 9.52. The summed E-state index contributed by atoms with van der Waals surface area (Å²) in [7, 11) is -2.40. The van der Waals surface area contributed by atoms with E-state index in [0.29, 0.717) is 0 Å². The van der Waals surface area contributed by atoms with Crippen LogP contribution in [0.5, 0.6) is 0 Å². The highest BCUT2D eigenvalue weighted by Gasteiger charge is 2.40. The lowest BCUT2D eigenvalue weighted by Crippen LogP contribution is -2.47. The fraction of sp³-hybridized carbons (Fsp3) is 0.348. The summed E-state index contributed by atoms with van der Waals surface area (Å²) in [6.45, 7) is 3.74. The van der Waals surface area contributed by atoms with Crippen LogP contribution in [0.25, 0.3) is 0 Å². The molecule has 2 aromatic carbocycles. The van der Waals surface area contributed by atoms with E-state index < -0.39 is 22.0 Å². The monoisotopic (exact) mass is 457 g/mol. The van der Waals surface area contributed by atoms with Gasteiger partial charge in [-0.3, -0.25) is 14.4 Å². The Hall–Kier alpha value is -3.20. The Morgan fingerprint density at radius 3 is 2.41 bits per heavy atom. The van der Waals surface area contributed by atoms with Gasteiger partial charge >= 0.3 is 0 Å². The average Bonchev–Trinajstić information content (AvgIpc) is 2.98. The Morgan fingerprint density at radius 1 is 1.09 bits per heavy atom. The number of nitrogens with one attached hydrogen (secondary N) is 1. The standard InChI is InChI=1S/C23H27N3O5S/c1-16-9-4-5-10-18(16)15-25(17(2)22(28)24-3)21(27)13-8-14-26-23(29)19-11-6-7-12-20(19)32(26,30)31/h4-7,9-12,17H,8,13-15H2,1-3H3,(H,24,28). The van der Waals surface area contributed by atoms with Crippen LogP contribution in [-0.4, -0.2) is 55.0 Å². The van der Waals surface area contributed by atoms with Gasteiger partial charge in [-0.25, -0.2) is 12.7 Å². The van der Waals surface area contributed by atoms with Crippen LogP contribution in [0.3, 0.4) is 0 Å². The van der Waals surface area contributed by atoms with Crippen molar-refractivity contribution in [1.82, 2.24) is 14.5 Å². The maximum atomic E-state index is 13.0. The number of aryl methyl sites for hydroxylation is 1. The Balaban J connectivity index is 1.71. The third kappa shape index (κ3) is 4.52. The van der Waals surface area contributed by atoms with Crippen LogP contribution < -0.4 is 5.32 Å². The lowest BCUT2D eigenvalue weighted by molar-refractivity contribution is -0.140. The SMILES string of the molecule is CNC(=O)C(C)N(Cc1ccccc1C)C(=O)CCCN1C(=O)c2ccccc2S1(=O)=O. The molecule has 0 spiro atoms. The summed E-state index contributed by atoms with van der Waals surface area (Å²) in [6, 6.07) is 13.0. The van der Waals surface area contributed by atoms with Gasteiger partial charge in [0.25, 0.3) is 15.9 Å². The Kier molecular flexibility index (Phi) is 6.98. The maximum absolute atomic E-state index is 13.0. The normalized spacial score (nSPS) is 15.2. The molecule has 0 saturated heterocycles. The highest BCUT2D eigenvalue weighted by Crippen LogP contribution is 2.30. The molecule has 32 heavy (non-hydrogen) atoms. The first-order chi connectivity index (χ1) is 15.2. The first-order valence-corrected chi connectivity index (χ1v) is 11.8. The third-order valence-electron chi connectivity index (χ3n) is 5.68. The van der Waals surface area contributed by atoms with Crippen molar-refractivity contribution in [3.63, 3.8) is 0 Å². The van der Waals surface area contributed by atoms with Crippen LogP contribution >= 0.6 is 0 Å². The molecule has 9 heteroatoms. The van der Waals surface area contributed by atoms with Crippen LogP contribution in [0.4, 0.5) is 0 Å². The molecule has 0 aromatic heterocycles. The average molecular weight is 458 g/mol. The summed E-state index contributed by atoms with van der Waals surface area (Å²) < 4.78 is 26.2. The quantitative estimate of drug-likeness (QED) is 0.654. The summed E-state index contributed by atoms with van der Waals surface area (Å²) in [5.74, 6) is -1.16. The molecule has 0 fully saturated rings. The van der Waals surface area contributed by atoms with E-state index >= 15 is 0 Å². The molecule has 3 rings (SSSR count). The van der Waals surface area contributed by atoms with E-state index in [0.717, 1.165) is 15.4 Å². The number of nitrogens with zero attached hydrogens (tertiary/aromatic N) is 2. The summed E-state index contributed by atoms with van der Waals surface area (Å²) >= 11 is 0. The van der Waals surface area contributed by atoms with E-state index in [4.69, 9.17) is 0 Å². The molecular formula is C23H27N3O5S. The van der Waals surface area contributed by atoms with Crippen LogP contribution in [-0.2, 0) is 26.2 Å². The van der Waals surface area contributed by atoms with Gasteiger partial charge in [-0.15, -0.1) is 0 Å². The first-order valence-electron chi connectivity index (χ1n) is 10.4. The predicted molar refractivity (Wildman–Crippen MR) is 119 cm³/mol. The summed E-state index contributed by atoms with van der Waals surface area (Å²) in [4.78, 5) is 39.3. The van der Waals surface area contributed by atoms with E-state index in [-0.39, 0.29) is 48.2 Å². The van der Waals surface area contributed by atoms with Crippen molar-refractivity contribution in [3.8, 4) is 0 Å². The number of carbonyl (C=O) groups is 3. The molecule has 2 aromatic rings. The van der Waals surface area contributed by atoms with Gasteiger partial charge in [-0.1, -0.05) is 36.4 Å². The molecule has 1 atom stereocenters. The fourth-order valence-electron chi connectivity index (χ4n) is 3.73. The molecule has 0 saturated carbocycles. The molecule has 3 amide bonds. The van der Waals surface area contributed by atoms with Gasteiger partial charge in [-0.2, -0.15) is 0 Å². The molecule has 170 valence electrons. The molecule has 1 heterocycles. The minimum atomic E-state index is -3.91. The molecular weight excluding hydrogens is 430 g/mol. The number of amides is 3. The molecule has 0 bridgehead atoms. The number of fused-ring (bicyclic) bond motifs is 1. The van der Waals surface area contributed by atoms with Crippen molar-refractivity contribution in [2.24, 2.45) is 0 Å². The largest absolute Gasteiger partial charge is 0.357 e. The number of carbonyl (C=O) groups excluding carboxylic acids is 3. The predicted octanol–water partition coefficient (Wildman–Crippen LogP) is 2.08. The highest BCUT2D eigenvalue weighted by atomic mass is 32.2. The molecule has 1 aliphatic heterocycles. The smallest absolute Gasteiger partial charge is 0.269 e. The Bertz CT molecular complexity index is 1150. The Morgan fingerprint density at radius 2 is 1.75 bits per heavy atom. The van der Waals surface area contributed by atoms with Gasteiger partial charge in [0, 0.05) is 26.6 Å². The van der Waals surface area contributed by atoms with Gasteiger partial charge in [0.05, 0.1) is 5.56 Å². The van der Waals surface area contributed by atoms with Gasteiger partial charge in [0.15, 0.2) is 0 Å². The fourth-order valence-corrected chi connectivity index (χ4v) is 5.34. The van der Waals surface area contributed by atoms with E-state index in [1.54, 1.807) is 19.1 Å². The Labute approximate surface area is 188 Å². The minimum absolute atomic E-state index is 0.00284. The zero-order valence-corrected chi connectivity index (χ0v) is 19.2. The zero-order valence-electron chi connectivity index (χ0n) is 18.4. The first kappa shape index (κ1) is 23.5. The van der Waals surface area contributed by atoms with E-state index in [1.807, 2.05) is 31.2 Å². The van der Waals surface area contributed by atoms with Crippen molar-refractivity contribution >= 4 is 27.7 Å². The number of benzene rings is 2. The lowest BCUT2D eigenvalue weighted by Gasteiger charge is -2.29. The number of likely N-dealkylation sites (N-methyl/N-ethyl adjacent to an activating group) is 1. The van der Waals surface area contributed by atoms with E-state index in [2.05, 4.69) is 5.32 Å². The molecule has 0 aliphatic carbocycles. The van der Waals surface area contributed by atoms with E-state index in [1.165, 1.54) is 24.1 Å². The molecule has 0 radical (unpaired) electrons. The van der Waals surface area contributed by atoms with Crippen LogP contribution in [0.1, 0.15) is 41.3 Å². The van der Waals surface area contributed by atoms with Crippen LogP contribution in [0.15, 0.2) is 53.4 Å². The van der Waals surface area contributed by atoms with Crippen LogP contribution in [0, 0.1) is 6.92 Å². The van der Waals surface area contributed by atoms with Gasteiger partial charge in [0.1, 0.15) is 10.9 Å².